The lowest BCUT2D eigenvalue weighted by atomic mass is 9.83. The van der Waals surface area contributed by atoms with Gasteiger partial charge in [-0.2, -0.15) is 0 Å². The summed E-state index contributed by atoms with van der Waals surface area (Å²) in [5.74, 6) is 0.567. The third-order valence-corrected chi connectivity index (χ3v) is 4.70. The summed E-state index contributed by atoms with van der Waals surface area (Å²) in [6.45, 7) is 3.92. The van der Waals surface area contributed by atoms with Gasteiger partial charge in [-0.25, -0.2) is 4.79 Å². The second-order valence-corrected chi connectivity index (χ2v) is 6.64. The number of ether oxygens (including phenoxy) is 1. The van der Waals surface area contributed by atoms with Gasteiger partial charge in [-0.05, 0) is 24.3 Å². The van der Waals surface area contributed by atoms with E-state index in [1.54, 1.807) is 6.08 Å². The van der Waals surface area contributed by atoms with Gasteiger partial charge >= 0.3 is 6.09 Å². The van der Waals surface area contributed by atoms with Crippen molar-refractivity contribution >= 4 is 6.09 Å². The van der Waals surface area contributed by atoms with Gasteiger partial charge in [-0.1, -0.05) is 68.5 Å². The van der Waals surface area contributed by atoms with E-state index in [2.05, 4.69) is 11.9 Å². The minimum absolute atomic E-state index is 0.236. The molecule has 0 bridgehead atoms. The third kappa shape index (κ3) is 6.36. The number of alkyl carbamates (subject to hydrolysis) is 1. The minimum Gasteiger partial charge on any atom is -0.445 e. The number of aliphatic hydroxyl groups excluding tert-OH is 1. The zero-order chi connectivity index (χ0) is 17.2. The van der Waals surface area contributed by atoms with Crippen LogP contribution in [0.5, 0.6) is 0 Å². The Morgan fingerprint density at radius 3 is 2.67 bits per heavy atom. The highest BCUT2D eigenvalue weighted by atomic mass is 16.5. The Morgan fingerprint density at radius 2 is 2.00 bits per heavy atom. The fraction of sp³-hybridized carbons (Fsp3) is 0.550. The Kier molecular flexibility index (Phi) is 7.83. The van der Waals surface area contributed by atoms with Gasteiger partial charge in [0.25, 0.3) is 0 Å². The van der Waals surface area contributed by atoms with Gasteiger partial charge in [0, 0.05) is 0 Å². The maximum Gasteiger partial charge on any atom is 0.407 e. The van der Waals surface area contributed by atoms with Crippen molar-refractivity contribution in [3.8, 4) is 0 Å². The molecule has 0 radical (unpaired) electrons. The number of benzene rings is 1. The van der Waals surface area contributed by atoms with Gasteiger partial charge < -0.3 is 15.2 Å². The zero-order valence-corrected chi connectivity index (χ0v) is 14.3. The van der Waals surface area contributed by atoms with Crippen LogP contribution in [0.4, 0.5) is 4.79 Å². The summed E-state index contributed by atoms with van der Waals surface area (Å²) < 4.78 is 5.29. The standard InChI is InChI=1S/C20H29NO3/c1-2-9-19(22)18(14-16-10-5-3-6-11-16)21-20(23)24-15-17-12-7-4-8-13-17/h2,4,7-8,12-13,16,18-19,22H,1,3,5-6,9-11,14-15H2,(H,21,23)/t18-,19-/m0/s1. The van der Waals surface area contributed by atoms with Gasteiger partial charge in [0.1, 0.15) is 6.61 Å². The highest BCUT2D eigenvalue weighted by Crippen LogP contribution is 2.28. The minimum atomic E-state index is -0.617. The molecule has 0 aliphatic heterocycles. The van der Waals surface area contributed by atoms with E-state index in [1.807, 2.05) is 30.3 Å². The molecule has 1 aliphatic rings. The van der Waals surface area contributed by atoms with Gasteiger partial charge in [-0.15, -0.1) is 6.58 Å². The topological polar surface area (TPSA) is 58.6 Å². The second kappa shape index (κ2) is 10.1. The number of amides is 1. The van der Waals surface area contributed by atoms with E-state index in [9.17, 15) is 9.90 Å². The summed E-state index contributed by atoms with van der Waals surface area (Å²) in [6.07, 6.45) is 8.01. The quantitative estimate of drug-likeness (QED) is 0.702. The number of hydrogen-bond acceptors (Lipinski definition) is 3. The van der Waals surface area contributed by atoms with E-state index in [0.717, 1.165) is 12.0 Å². The monoisotopic (exact) mass is 331 g/mol. The van der Waals surface area contributed by atoms with E-state index in [4.69, 9.17) is 4.74 Å². The average Bonchev–Trinajstić information content (AvgIpc) is 2.61. The molecule has 0 unspecified atom stereocenters. The molecular weight excluding hydrogens is 302 g/mol. The number of rotatable bonds is 8. The molecule has 132 valence electrons. The Hall–Kier alpha value is -1.81. The first kappa shape index (κ1) is 18.5. The summed E-state index contributed by atoms with van der Waals surface area (Å²) in [5.41, 5.74) is 0.947. The van der Waals surface area contributed by atoms with Crippen LogP contribution in [-0.4, -0.2) is 23.3 Å². The van der Waals surface area contributed by atoms with Gasteiger partial charge in [-0.3, -0.25) is 0 Å². The van der Waals surface area contributed by atoms with Crippen molar-refractivity contribution in [2.75, 3.05) is 0 Å². The van der Waals surface area contributed by atoms with E-state index in [1.165, 1.54) is 32.1 Å². The predicted molar refractivity (Wildman–Crippen MR) is 95.6 cm³/mol. The lowest BCUT2D eigenvalue weighted by molar-refractivity contribution is 0.0909. The molecule has 1 amide bonds. The Balaban J connectivity index is 1.85. The molecule has 2 atom stereocenters. The van der Waals surface area contributed by atoms with Crippen LogP contribution in [0, 0.1) is 5.92 Å². The van der Waals surface area contributed by atoms with Gasteiger partial charge in [0.15, 0.2) is 0 Å². The van der Waals surface area contributed by atoms with Crippen LogP contribution in [0.2, 0.25) is 0 Å². The smallest absolute Gasteiger partial charge is 0.407 e. The van der Waals surface area contributed by atoms with Crippen LogP contribution in [0.25, 0.3) is 0 Å². The molecule has 0 saturated heterocycles. The lowest BCUT2D eigenvalue weighted by Gasteiger charge is -2.29. The summed E-state index contributed by atoms with van der Waals surface area (Å²) in [7, 11) is 0. The van der Waals surface area contributed by atoms with Crippen LogP contribution in [0.15, 0.2) is 43.0 Å². The second-order valence-electron chi connectivity index (χ2n) is 6.64. The van der Waals surface area contributed by atoms with Crippen LogP contribution >= 0.6 is 0 Å². The largest absolute Gasteiger partial charge is 0.445 e. The summed E-state index contributed by atoms with van der Waals surface area (Å²) >= 11 is 0. The van der Waals surface area contributed by atoms with Crippen LogP contribution in [-0.2, 0) is 11.3 Å². The Labute approximate surface area is 144 Å². The molecule has 24 heavy (non-hydrogen) atoms. The fourth-order valence-corrected chi connectivity index (χ4v) is 3.35. The van der Waals surface area contributed by atoms with Crippen molar-refractivity contribution in [1.29, 1.82) is 0 Å². The van der Waals surface area contributed by atoms with Gasteiger partial charge in [0.2, 0.25) is 0 Å². The molecule has 0 aromatic heterocycles. The van der Waals surface area contributed by atoms with Crippen molar-refractivity contribution in [2.45, 2.75) is 63.7 Å². The first-order valence-corrected chi connectivity index (χ1v) is 8.95. The highest BCUT2D eigenvalue weighted by Gasteiger charge is 2.25. The first-order chi connectivity index (χ1) is 11.7. The molecule has 1 aromatic carbocycles. The Bertz CT molecular complexity index is 497. The highest BCUT2D eigenvalue weighted by molar-refractivity contribution is 5.67. The number of carbonyl (C=O) groups is 1. The zero-order valence-electron chi connectivity index (χ0n) is 14.3. The average molecular weight is 331 g/mol. The number of carbonyl (C=O) groups excluding carboxylic acids is 1. The number of hydrogen-bond donors (Lipinski definition) is 2. The normalized spacial score (nSPS) is 17.7. The molecule has 0 spiro atoms. The van der Waals surface area contributed by atoms with Gasteiger partial charge in [0.05, 0.1) is 12.1 Å². The molecule has 1 aliphatic carbocycles. The maximum absolute atomic E-state index is 12.1. The third-order valence-electron chi connectivity index (χ3n) is 4.70. The molecule has 0 heterocycles. The molecule has 4 heteroatoms. The summed E-state index contributed by atoms with van der Waals surface area (Å²) in [5, 5.41) is 13.2. The molecule has 1 fully saturated rings. The van der Waals surface area contributed by atoms with Crippen LogP contribution in [0.3, 0.4) is 0 Å². The molecular formula is C20H29NO3. The predicted octanol–water partition coefficient (Wildman–Crippen LogP) is 4.19. The number of nitrogens with one attached hydrogen (secondary N) is 1. The lowest BCUT2D eigenvalue weighted by Crippen LogP contribution is -2.44. The molecule has 4 nitrogen and oxygen atoms in total. The summed E-state index contributed by atoms with van der Waals surface area (Å²) in [6, 6.07) is 9.30. The van der Waals surface area contributed by atoms with E-state index in [0.29, 0.717) is 12.3 Å². The Morgan fingerprint density at radius 1 is 1.29 bits per heavy atom. The van der Waals surface area contributed by atoms with Crippen LogP contribution < -0.4 is 5.32 Å². The molecule has 2 N–H and O–H groups in total. The maximum atomic E-state index is 12.1. The SMILES string of the molecule is C=CC[C@H](O)[C@H](CC1CCCCC1)NC(=O)OCc1ccccc1. The number of aliphatic hydroxyl groups is 1. The van der Waals surface area contributed by atoms with Crippen molar-refractivity contribution in [3.05, 3.63) is 48.6 Å². The van der Waals surface area contributed by atoms with Crippen molar-refractivity contribution in [3.63, 3.8) is 0 Å². The van der Waals surface area contributed by atoms with E-state index < -0.39 is 12.2 Å². The van der Waals surface area contributed by atoms with Crippen molar-refractivity contribution in [2.24, 2.45) is 5.92 Å². The molecule has 2 rings (SSSR count). The molecule has 1 aromatic rings. The van der Waals surface area contributed by atoms with Crippen LogP contribution in [0.1, 0.15) is 50.5 Å². The van der Waals surface area contributed by atoms with E-state index >= 15 is 0 Å². The molecule has 1 saturated carbocycles. The van der Waals surface area contributed by atoms with Crippen molar-refractivity contribution in [1.82, 2.24) is 5.32 Å². The summed E-state index contributed by atoms with van der Waals surface area (Å²) in [4.78, 5) is 12.1. The fourth-order valence-electron chi connectivity index (χ4n) is 3.35. The van der Waals surface area contributed by atoms with E-state index in [-0.39, 0.29) is 12.6 Å². The van der Waals surface area contributed by atoms with Crippen molar-refractivity contribution < 1.29 is 14.6 Å². The first-order valence-electron chi connectivity index (χ1n) is 8.95.